The van der Waals surface area contributed by atoms with Crippen molar-refractivity contribution in [3.63, 3.8) is 0 Å². The van der Waals surface area contributed by atoms with Gasteiger partial charge in [0.25, 0.3) is 15.9 Å². The lowest BCUT2D eigenvalue weighted by Crippen LogP contribution is -2.29. The van der Waals surface area contributed by atoms with E-state index in [2.05, 4.69) is 25.0 Å². The molecule has 2 N–H and O–H groups in total. The molecule has 0 spiro atoms. The molecule has 0 unspecified atom stereocenters. The molecule has 0 bridgehead atoms. The Hall–Kier alpha value is -3.33. The number of amides is 1. The number of nitrogens with one attached hydrogen (secondary N) is 2. The monoisotopic (exact) mass is 395 g/mol. The van der Waals surface area contributed by atoms with E-state index in [1.807, 2.05) is 18.2 Å². The van der Waals surface area contributed by atoms with Gasteiger partial charge in [-0.1, -0.05) is 12.1 Å². The number of nitrogens with zero attached hydrogens (tertiary/aromatic N) is 3. The Bertz CT molecular complexity index is 1170. The summed E-state index contributed by atoms with van der Waals surface area (Å²) in [5.74, 6) is 0.0551. The van der Waals surface area contributed by atoms with E-state index in [-0.39, 0.29) is 10.6 Å². The number of rotatable bonds is 4. The molecule has 1 aromatic heterocycles. The summed E-state index contributed by atoms with van der Waals surface area (Å²) < 4.78 is 27.2. The highest BCUT2D eigenvalue weighted by Crippen LogP contribution is 2.16. The lowest BCUT2D eigenvalue weighted by Gasteiger charge is -2.09. The molecule has 142 valence electrons. The smallest absolute Gasteiger partial charge is 0.275 e. The first kappa shape index (κ1) is 18.1. The molecule has 9 heteroatoms. The molecular formula is C19H17N5O3S. The minimum Gasteiger partial charge on any atom is -0.321 e. The second kappa shape index (κ2) is 7.35. The van der Waals surface area contributed by atoms with Crippen LogP contribution in [0.4, 0.5) is 5.69 Å². The molecule has 1 aliphatic rings. The minimum absolute atomic E-state index is 0.102. The zero-order chi connectivity index (χ0) is 19.6. The number of anilines is 1. The first-order chi connectivity index (χ1) is 13.5. The quantitative estimate of drug-likeness (QED) is 0.704. The van der Waals surface area contributed by atoms with Crippen LogP contribution in [0.2, 0.25) is 0 Å². The van der Waals surface area contributed by atoms with Crippen LogP contribution in [0.15, 0.2) is 64.6 Å². The molecule has 2 aromatic carbocycles. The van der Waals surface area contributed by atoms with Gasteiger partial charge in [-0.25, -0.2) is 13.4 Å². The standard InChI is InChI=1S/C19H17N5O3S/c25-19(17-12-21-15-4-1-2-5-16(15)23-17)22-13-7-9-14(10-8-13)28(26,27)24-18-6-3-11-20-18/h1-2,4-5,7-10,12H,3,6,11H2,(H,20,24)(H,22,25). The van der Waals surface area contributed by atoms with Crippen molar-refractivity contribution in [3.05, 3.63) is 60.4 Å². The maximum absolute atomic E-state index is 12.4. The van der Waals surface area contributed by atoms with Crippen LogP contribution in [0.3, 0.4) is 0 Å². The molecule has 0 atom stereocenters. The zero-order valence-electron chi connectivity index (χ0n) is 14.8. The van der Waals surface area contributed by atoms with Gasteiger partial charge in [-0.15, -0.1) is 0 Å². The Balaban J connectivity index is 1.48. The van der Waals surface area contributed by atoms with Gasteiger partial charge in [0, 0.05) is 18.7 Å². The summed E-state index contributed by atoms with van der Waals surface area (Å²) in [6.45, 7) is 0.639. The zero-order valence-corrected chi connectivity index (χ0v) is 15.6. The van der Waals surface area contributed by atoms with Gasteiger partial charge in [0.15, 0.2) is 0 Å². The number of sulfonamides is 1. The van der Waals surface area contributed by atoms with Crippen LogP contribution in [0.5, 0.6) is 0 Å². The molecule has 28 heavy (non-hydrogen) atoms. The number of hydrogen-bond donors (Lipinski definition) is 2. The second-order valence-corrected chi connectivity index (χ2v) is 7.94. The lowest BCUT2D eigenvalue weighted by molar-refractivity contribution is 0.102. The van der Waals surface area contributed by atoms with Gasteiger partial charge >= 0.3 is 0 Å². The molecule has 4 rings (SSSR count). The SMILES string of the molecule is O=C(Nc1ccc(S(=O)(=O)NC2=NCCC2)cc1)c1cnc2ccccc2n1. The number of amidine groups is 1. The van der Waals surface area contributed by atoms with Gasteiger partial charge < -0.3 is 5.32 Å². The third-order valence-corrected chi connectivity index (χ3v) is 5.63. The van der Waals surface area contributed by atoms with E-state index >= 15 is 0 Å². The van der Waals surface area contributed by atoms with Crippen molar-refractivity contribution in [1.29, 1.82) is 0 Å². The van der Waals surface area contributed by atoms with Crippen molar-refractivity contribution in [1.82, 2.24) is 14.7 Å². The first-order valence-electron chi connectivity index (χ1n) is 8.71. The summed E-state index contributed by atoms with van der Waals surface area (Å²) >= 11 is 0. The summed E-state index contributed by atoms with van der Waals surface area (Å²) in [5, 5.41) is 2.69. The molecule has 0 saturated heterocycles. The Morgan fingerprint density at radius 1 is 1.00 bits per heavy atom. The molecule has 2 heterocycles. The molecule has 0 fully saturated rings. The Labute approximate surface area is 161 Å². The van der Waals surface area contributed by atoms with Gasteiger partial charge in [-0.2, -0.15) is 0 Å². The van der Waals surface area contributed by atoms with Crippen LogP contribution < -0.4 is 10.0 Å². The molecule has 1 amide bonds. The highest BCUT2D eigenvalue weighted by molar-refractivity contribution is 7.90. The second-order valence-electron chi connectivity index (χ2n) is 6.26. The first-order valence-corrected chi connectivity index (χ1v) is 10.2. The Morgan fingerprint density at radius 3 is 2.46 bits per heavy atom. The summed E-state index contributed by atoms with van der Waals surface area (Å²) in [6.07, 6.45) is 2.88. The van der Waals surface area contributed by atoms with E-state index in [0.29, 0.717) is 35.5 Å². The van der Waals surface area contributed by atoms with Crippen molar-refractivity contribution in [2.45, 2.75) is 17.7 Å². The highest BCUT2D eigenvalue weighted by Gasteiger charge is 2.18. The van der Waals surface area contributed by atoms with Crippen molar-refractivity contribution in [2.24, 2.45) is 4.99 Å². The number of benzene rings is 2. The van der Waals surface area contributed by atoms with E-state index in [1.54, 1.807) is 6.07 Å². The van der Waals surface area contributed by atoms with Gasteiger partial charge in [0.2, 0.25) is 0 Å². The van der Waals surface area contributed by atoms with Crippen molar-refractivity contribution in [3.8, 4) is 0 Å². The maximum atomic E-state index is 12.4. The van der Waals surface area contributed by atoms with Crippen molar-refractivity contribution < 1.29 is 13.2 Å². The van der Waals surface area contributed by atoms with Gasteiger partial charge in [0.05, 0.1) is 22.1 Å². The number of aliphatic imine (C=N–C) groups is 1. The fourth-order valence-corrected chi connectivity index (χ4v) is 3.91. The number of fused-ring (bicyclic) bond motifs is 1. The molecule has 8 nitrogen and oxygen atoms in total. The van der Waals surface area contributed by atoms with Crippen molar-refractivity contribution in [2.75, 3.05) is 11.9 Å². The fraction of sp³-hybridized carbons (Fsp3) is 0.158. The fourth-order valence-electron chi connectivity index (χ4n) is 2.82. The molecular weight excluding hydrogens is 378 g/mol. The largest absolute Gasteiger partial charge is 0.321 e. The van der Waals surface area contributed by atoms with Crippen LogP contribution in [0, 0.1) is 0 Å². The van der Waals surface area contributed by atoms with E-state index in [0.717, 1.165) is 6.42 Å². The van der Waals surface area contributed by atoms with Crippen molar-refractivity contribution >= 4 is 38.5 Å². The van der Waals surface area contributed by atoms with Gasteiger partial charge in [-0.05, 0) is 42.8 Å². The topological polar surface area (TPSA) is 113 Å². The average molecular weight is 395 g/mol. The Morgan fingerprint density at radius 2 is 1.75 bits per heavy atom. The van der Waals surface area contributed by atoms with Crippen LogP contribution in [0.1, 0.15) is 23.3 Å². The van der Waals surface area contributed by atoms with Crippen LogP contribution in [-0.2, 0) is 10.0 Å². The lowest BCUT2D eigenvalue weighted by atomic mass is 10.3. The van der Waals surface area contributed by atoms with Gasteiger partial charge in [-0.3, -0.25) is 19.5 Å². The maximum Gasteiger partial charge on any atom is 0.275 e. The number of carbonyl (C=O) groups is 1. The summed E-state index contributed by atoms with van der Waals surface area (Å²) in [4.78, 5) is 25.1. The third-order valence-electron chi connectivity index (χ3n) is 4.23. The number of para-hydroxylation sites is 2. The van der Waals surface area contributed by atoms with Crippen LogP contribution >= 0.6 is 0 Å². The molecule has 0 radical (unpaired) electrons. The van der Waals surface area contributed by atoms with E-state index < -0.39 is 15.9 Å². The predicted molar refractivity (Wildman–Crippen MR) is 106 cm³/mol. The Kier molecular flexibility index (Phi) is 4.74. The molecule has 0 saturated carbocycles. The van der Waals surface area contributed by atoms with E-state index in [9.17, 15) is 13.2 Å². The van der Waals surface area contributed by atoms with E-state index in [1.165, 1.54) is 30.5 Å². The van der Waals surface area contributed by atoms with Crippen LogP contribution in [-0.4, -0.2) is 36.7 Å². The number of aromatic nitrogens is 2. The summed E-state index contributed by atoms with van der Waals surface area (Å²) in [6, 6.07) is 13.2. The average Bonchev–Trinajstić information content (AvgIpc) is 3.20. The summed E-state index contributed by atoms with van der Waals surface area (Å²) in [7, 11) is -3.68. The summed E-state index contributed by atoms with van der Waals surface area (Å²) in [5.41, 5.74) is 1.96. The van der Waals surface area contributed by atoms with Crippen LogP contribution in [0.25, 0.3) is 11.0 Å². The molecule has 1 aliphatic heterocycles. The molecule has 0 aliphatic carbocycles. The van der Waals surface area contributed by atoms with E-state index in [4.69, 9.17) is 0 Å². The molecule has 3 aromatic rings. The van der Waals surface area contributed by atoms with Gasteiger partial charge in [0.1, 0.15) is 11.5 Å². The minimum atomic E-state index is -3.68. The third kappa shape index (κ3) is 3.84. The number of hydrogen-bond acceptors (Lipinski definition) is 6. The highest BCUT2D eigenvalue weighted by atomic mass is 32.2. The number of carbonyl (C=O) groups excluding carboxylic acids is 1. The normalized spacial score (nSPS) is 13.9. The predicted octanol–water partition coefficient (Wildman–Crippen LogP) is 2.35.